The lowest BCUT2D eigenvalue weighted by molar-refractivity contribution is -0.113. The summed E-state index contributed by atoms with van der Waals surface area (Å²) in [5.41, 5.74) is 3.36. The fourth-order valence-electron chi connectivity index (χ4n) is 4.03. The van der Waals surface area contributed by atoms with Gasteiger partial charge in [-0.3, -0.25) is 4.79 Å². The number of carbonyl (C=O) groups is 2. The summed E-state index contributed by atoms with van der Waals surface area (Å²) < 4.78 is 12.8. The number of hydrogen-bond donors (Lipinski definition) is 2. The molecular formula is C24H25N5O4S. The predicted octanol–water partition coefficient (Wildman–Crippen LogP) is 4.52. The molecule has 5 rings (SSSR count). The number of nitrogens with one attached hydrogen (secondary N) is 2. The van der Waals surface area contributed by atoms with E-state index in [9.17, 15) is 9.59 Å². The fraction of sp³-hybridized carbons (Fsp3) is 0.333. The molecule has 10 heteroatoms. The molecule has 176 valence electrons. The Hall–Kier alpha value is -3.37. The van der Waals surface area contributed by atoms with E-state index < -0.39 is 5.97 Å². The standard InChI is InChI=1S/C24H25N5O4S/c1-2-32-23(31)22-16-13-15(10-11-19(16)29(28-22)21-9-5-6-12-33-21)25-20(30)14-34-24-26-17-7-3-4-8-18(17)27-24/h3-4,7-8,10-11,13,21H,2,5-6,9,12,14H2,1H3,(H,25,30)(H,26,27). The van der Waals surface area contributed by atoms with Gasteiger partial charge in [-0.1, -0.05) is 23.9 Å². The topological polar surface area (TPSA) is 111 Å². The Bertz CT molecular complexity index is 1310. The van der Waals surface area contributed by atoms with E-state index in [0.29, 0.717) is 22.8 Å². The Morgan fingerprint density at radius 2 is 2.15 bits per heavy atom. The number of para-hydroxylation sites is 2. The van der Waals surface area contributed by atoms with Gasteiger partial charge in [-0.25, -0.2) is 14.5 Å². The predicted molar refractivity (Wildman–Crippen MR) is 130 cm³/mol. The van der Waals surface area contributed by atoms with E-state index in [2.05, 4.69) is 20.4 Å². The van der Waals surface area contributed by atoms with Crippen LogP contribution in [-0.4, -0.2) is 50.6 Å². The molecule has 1 amide bonds. The number of imidazole rings is 1. The van der Waals surface area contributed by atoms with Gasteiger partial charge in [-0.05, 0) is 56.5 Å². The summed E-state index contributed by atoms with van der Waals surface area (Å²) in [6.07, 6.45) is 2.66. The summed E-state index contributed by atoms with van der Waals surface area (Å²) in [7, 11) is 0. The van der Waals surface area contributed by atoms with Crippen molar-refractivity contribution in [2.75, 3.05) is 24.3 Å². The molecule has 0 bridgehead atoms. The number of amides is 1. The number of H-pyrrole nitrogens is 1. The molecular weight excluding hydrogens is 454 g/mol. The van der Waals surface area contributed by atoms with Gasteiger partial charge >= 0.3 is 5.97 Å². The Morgan fingerprint density at radius 1 is 1.26 bits per heavy atom. The number of benzene rings is 2. The van der Waals surface area contributed by atoms with Crippen molar-refractivity contribution in [1.82, 2.24) is 19.7 Å². The molecule has 1 saturated heterocycles. The average molecular weight is 480 g/mol. The third kappa shape index (κ3) is 4.64. The number of aromatic nitrogens is 4. The van der Waals surface area contributed by atoms with Gasteiger partial charge in [0, 0.05) is 17.7 Å². The maximum absolute atomic E-state index is 12.6. The molecule has 1 atom stereocenters. The second-order valence-corrected chi connectivity index (χ2v) is 8.93. The van der Waals surface area contributed by atoms with Crippen LogP contribution < -0.4 is 5.32 Å². The summed E-state index contributed by atoms with van der Waals surface area (Å²) in [4.78, 5) is 32.9. The van der Waals surface area contributed by atoms with Crippen LogP contribution in [0.15, 0.2) is 47.6 Å². The molecule has 2 aromatic heterocycles. The Kier molecular flexibility index (Phi) is 6.50. The maximum atomic E-state index is 12.6. The van der Waals surface area contributed by atoms with Crippen LogP contribution >= 0.6 is 11.8 Å². The highest BCUT2D eigenvalue weighted by Gasteiger charge is 2.25. The van der Waals surface area contributed by atoms with Crippen molar-refractivity contribution < 1.29 is 19.1 Å². The second-order valence-electron chi connectivity index (χ2n) is 7.96. The number of aromatic amines is 1. The van der Waals surface area contributed by atoms with Crippen molar-refractivity contribution in [2.24, 2.45) is 0 Å². The summed E-state index contributed by atoms with van der Waals surface area (Å²) in [5.74, 6) is -0.478. The lowest BCUT2D eigenvalue weighted by atomic mass is 10.1. The van der Waals surface area contributed by atoms with Gasteiger partial charge in [0.2, 0.25) is 5.91 Å². The Morgan fingerprint density at radius 3 is 2.94 bits per heavy atom. The summed E-state index contributed by atoms with van der Waals surface area (Å²) in [6.45, 7) is 2.67. The number of rotatable bonds is 7. The molecule has 2 aromatic carbocycles. The monoisotopic (exact) mass is 479 g/mol. The van der Waals surface area contributed by atoms with Crippen LogP contribution in [0.5, 0.6) is 0 Å². The fourth-order valence-corrected chi connectivity index (χ4v) is 4.72. The zero-order valence-corrected chi connectivity index (χ0v) is 19.6. The number of esters is 1. The Balaban J connectivity index is 1.34. The third-order valence-electron chi connectivity index (χ3n) is 5.59. The van der Waals surface area contributed by atoms with E-state index in [1.165, 1.54) is 11.8 Å². The molecule has 4 aromatic rings. The first-order chi connectivity index (χ1) is 16.6. The minimum atomic E-state index is -0.494. The normalized spacial score (nSPS) is 16.1. The lowest BCUT2D eigenvalue weighted by Gasteiger charge is -2.23. The first kappa shape index (κ1) is 22.4. The van der Waals surface area contributed by atoms with Gasteiger partial charge in [-0.2, -0.15) is 5.10 Å². The number of nitrogens with zero attached hydrogens (tertiary/aromatic N) is 3. The number of anilines is 1. The van der Waals surface area contributed by atoms with Crippen molar-refractivity contribution in [1.29, 1.82) is 0 Å². The lowest BCUT2D eigenvalue weighted by Crippen LogP contribution is -2.19. The highest BCUT2D eigenvalue weighted by molar-refractivity contribution is 7.99. The minimum Gasteiger partial charge on any atom is -0.461 e. The number of thioether (sulfide) groups is 1. The molecule has 3 heterocycles. The van der Waals surface area contributed by atoms with Crippen LogP contribution in [0.25, 0.3) is 21.9 Å². The average Bonchev–Trinajstić information content (AvgIpc) is 3.44. The van der Waals surface area contributed by atoms with Gasteiger partial charge in [-0.15, -0.1) is 0 Å². The van der Waals surface area contributed by atoms with Crippen LogP contribution in [-0.2, 0) is 14.3 Å². The third-order valence-corrected chi connectivity index (χ3v) is 6.47. The quantitative estimate of drug-likeness (QED) is 0.296. The molecule has 0 spiro atoms. The van der Waals surface area contributed by atoms with E-state index >= 15 is 0 Å². The zero-order chi connectivity index (χ0) is 23.5. The molecule has 9 nitrogen and oxygen atoms in total. The summed E-state index contributed by atoms with van der Waals surface area (Å²) >= 11 is 1.33. The van der Waals surface area contributed by atoms with E-state index in [0.717, 1.165) is 35.8 Å². The van der Waals surface area contributed by atoms with E-state index in [1.807, 2.05) is 36.4 Å². The van der Waals surface area contributed by atoms with Crippen molar-refractivity contribution in [3.63, 3.8) is 0 Å². The number of fused-ring (bicyclic) bond motifs is 2. The minimum absolute atomic E-state index is 0.175. The van der Waals surface area contributed by atoms with Gasteiger partial charge in [0.15, 0.2) is 17.1 Å². The van der Waals surface area contributed by atoms with Crippen molar-refractivity contribution in [2.45, 2.75) is 37.6 Å². The van der Waals surface area contributed by atoms with Gasteiger partial charge in [0.05, 0.1) is 28.9 Å². The van der Waals surface area contributed by atoms with Crippen LogP contribution in [0, 0.1) is 0 Å². The number of ether oxygens (including phenoxy) is 2. The molecule has 1 unspecified atom stereocenters. The van der Waals surface area contributed by atoms with Crippen LogP contribution in [0.1, 0.15) is 42.9 Å². The van der Waals surface area contributed by atoms with Gasteiger partial charge in [0.25, 0.3) is 0 Å². The maximum Gasteiger partial charge on any atom is 0.359 e. The first-order valence-electron chi connectivity index (χ1n) is 11.3. The first-order valence-corrected chi connectivity index (χ1v) is 12.3. The largest absolute Gasteiger partial charge is 0.461 e. The van der Waals surface area contributed by atoms with Crippen molar-refractivity contribution >= 4 is 51.3 Å². The highest BCUT2D eigenvalue weighted by atomic mass is 32.2. The van der Waals surface area contributed by atoms with Crippen molar-refractivity contribution in [3.8, 4) is 0 Å². The Labute approximate surface area is 200 Å². The van der Waals surface area contributed by atoms with E-state index in [1.54, 1.807) is 17.7 Å². The molecule has 0 radical (unpaired) electrons. The van der Waals surface area contributed by atoms with E-state index in [-0.39, 0.29) is 30.2 Å². The molecule has 1 aliphatic heterocycles. The van der Waals surface area contributed by atoms with Crippen LogP contribution in [0.4, 0.5) is 5.69 Å². The second kappa shape index (κ2) is 9.86. The smallest absolute Gasteiger partial charge is 0.359 e. The van der Waals surface area contributed by atoms with Gasteiger partial charge < -0.3 is 19.8 Å². The highest BCUT2D eigenvalue weighted by Crippen LogP contribution is 2.30. The van der Waals surface area contributed by atoms with Crippen LogP contribution in [0.2, 0.25) is 0 Å². The molecule has 2 N–H and O–H groups in total. The molecule has 1 aliphatic rings. The van der Waals surface area contributed by atoms with E-state index in [4.69, 9.17) is 9.47 Å². The van der Waals surface area contributed by atoms with Gasteiger partial charge in [0.1, 0.15) is 0 Å². The molecule has 0 aliphatic carbocycles. The SMILES string of the molecule is CCOC(=O)c1nn(C2CCCCO2)c2ccc(NC(=O)CSc3nc4ccccc4[nH]3)cc12. The van der Waals surface area contributed by atoms with Crippen molar-refractivity contribution in [3.05, 3.63) is 48.2 Å². The molecule has 1 fully saturated rings. The van der Waals surface area contributed by atoms with Crippen LogP contribution in [0.3, 0.4) is 0 Å². The zero-order valence-electron chi connectivity index (χ0n) is 18.7. The summed E-state index contributed by atoms with van der Waals surface area (Å²) in [5, 5.41) is 8.75. The number of carbonyl (C=O) groups excluding carboxylic acids is 2. The molecule has 34 heavy (non-hydrogen) atoms. The molecule has 0 saturated carbocycles. The summed E-state index contributed by atoms with van der Waals surface area (Å²) in [6, 6.07) is 13.1. The number of hydrogen-bond acceptors (Lipinski definition) is 7.